The van der Waals surface area contributed by atoms with Crippen molar-refractivity contribution in [2.45, 2.75) is 63.4 Å². The predicted octanol–water partition coefficient (Wildman–Crippen LogP) is 3.57. The van der Waals surface area contributed by atoms with Crippen molar-refractivity contribution in [3.63, 3.8) is 0 Å². The number of nitrogens with zero attached hydrogens (tertiary/aromatic N) is 1. The van der Waals surface area contributed by atoms with Gasteiger partial charge in [0.15, 0.2) is 5.72 Å². The topological polar surface area (TPSA) is 61.8 Å². The zero-order valence-electron chi connectivity index (χ0n) is 15.7. The minimum Gasteiger partial charge on any atom is -0.478 e. The third-order valence-electron chi connectivity index (χ3n) is 6.27. The van der Waals surface area contributed by atoms with E-state index in [4.69, 9.17) is 4.74 Å². The van der Waals surface area contributed by atoms with Crippen LogP contribution in [0.2, 0.25) is 0 Å². The molecule has 0 saturated carbocycles. The molecular weight excluding hydrogens is 328 g/mol. The molecule has 3 atom stereocenters. The lowest BCUT2D eigenvalue weighted by molar-refractivity contribution is -0.130. The number of anilines is 1. The average molecular weight is 356 g/mol. The number of aliphatic carboxylic acids is 1. The van der Waals surface area contributed by atoms with Crippen LogP contribution in [0.15, 0.2) is 30.3 Å². The molecule has 0 amide bonds. The van der Waals surface area contributed by atoms with E-state index < -0.39 is 11.7 Å². The van der Waals surface area contributed by atoms with Gasteiger partial charge in [0.25, 0.3) is 0 Å². The summed E-state index contributed by atoms with van der Waals surface area (Å²) in [5.74, 6) is -0.645. The Labute approximate surface area is 155 Å². The van der Waals surface area contributed by atoms with E-state index in [9.17, 15) is 9.90 Å². The van der Waals surface area contributed by atoms with Crippen molar-refractivity contribution in [2.24, 2.45) is 5.92 Å². The number of fused-ring (bicyclic) bond motifs is 3. The number of carboxylic acid groups (broad SMARTS) is 1. The first kappa shape index (κ1) is 17.6. The summed E-state index contributed by atoms with van der Waals surface area (Å²) in [7, 11) is 2.22. The summed E-state index contributed by atoms with van der Waals surface area (Å²) in [6.45, 7) is 4.03. The second-order valence-corrected chi connectivity index (χ2v) is 8.21. The molecule has 5 heteroatoms. The van der Waals surface area contributed by atoms with Crippen molar-refractivity contribution in [1.29, 1.82) is 0 Å². The van der Waals surface area contributed by atoms with Crippen LogP contribution in [0.25, 0.3) is 5.57 Å². The van der Waals surface area contributed by atoms with Crippen molar-refractivity contribution in [3.05, 3.63) is 35.9 Å². The van der Waals surface area contributed by atoms with Gasteiger partial charge in [-0.2, -0.15) is 0 Å². The van der Waals surface area contributed by atoms with Gasteiger partial charge in [-0.1, -0.05) is 18.2 Å². The Morgan fingerprint density at radius 1 is 1.27 bits per heavy atom. The number of ether oxygens (including phenoxy) is 1. The summed E-state index contributed by atoms with van der Waals surface area (Å²) in [6, 6.07) is 8.75. The molecule has 1 aromatic rings. The van der Waals surface area contributed by atoms with Crippen LogP contribution in [-0.4, -0.2) is 46.9 Å². The first-order chi connectivity index (χ1) is 12.4. The van der Waals surface area contributed by atoms with Gasteiger partial charge < -0.3 is 20.1 Å². The number of carbonyl (C=O) groups is 1. The molecule has 3 unspecified atom stereocenters. The molecule has 0 aromatic heterocycles. The molecule has 2 fully saturated rings. The highest BCUT2D eigenvalue weighted by molar-refractivity contribution is 6.18. The highest BCUT2D eigenvalue weighted by atomic mass is 16.5. The molecule has 1 aromatic carbocycles. The van der Waals surface area contributed by atoms with E-state index in [0.717, 1.165) is 24.1 Å². The van der Waals surface area contributed by atoms with Gasteiger partial charge in [-0.25, -0.2) is 4.79 Å². The molecule has 2 N–H and O–H groups in total. The van der Waals surface area contributed by atoms with Gasteiger partial charge in [0.1, 0.15) is 0 Å². The maximum atomic E-state index is 12.0. The molecule has 26 heavy (non-hydrogen) atoms. The van der Waals surface area contributed by atoms with Crippen LogP contribution >= 0.6 is 0 Å². The van der Waals surface area contributed by atoms with Crippen LogP contribution in [0.3, 0.4) is 0 Å². The fraction of sp³-hybridized carbons (Fsp3) is 0.571. The molecule has 2 bridgehead atoms. The van der Waals surface area contributed by atoms with E-state index >= 15 is 0 Å². The summed E-state index contributed by atoms with van der Waals surface area (Å²) in [4.78, 5) is 14.5. The van der Waals surface area contributed by atoms with Gasteiger partial charge in [0, 0.05) is 29.3 Å². The lowest BCUT2D eigenvalue weighted by Gasteiger charge is -2.48. The monoisotopic (exact) mass is 356 g/mol. The first-order valence-electron chi connectivity index (χ1n) is 9.63. The Bertz CT molecular complexity index is 731. The predicted molar refractivity (Wildman–Crippen MR) is 102 cm³/mol. The molecule has 2 saturated heterocycles. The smallest absolute Gasteiger partial charge is 0.336 e. The number of piperidine rings is 1. The number of carboxylic acids is 1. The molecular formula is C21H28N2O3. The Hall–Kier alpha value is -1.85. The second kappa shape index (κ2) is 6.39. The largest absolute Gasteiger partial charge is 0.478 e. The number of para-hydroxylation sites is 1. The molecule has 3 aliphatic rings. The summed E-state index contributed by atoms with van der Waals surface area (Å²) in [6.07, 6.45) is 6.34. The van der Waals surface area contributed by atoms with Crippen molar-refractivity contribution in [3.8, 4) is 0 Å². The standard InChI is InChI=1S/C21H28N2O3/c1-13(2)26-21(14-10-15-8-9-16(11-14)23(15)3)12-18(20(24)25)17-6-4-5-7-19(17)22-21/h4-7,12-16,22H,8-11H2,1-3H3,(H,24,25). The average Bonchev–Trinajstić information content (AvgIpc) is 2.81. The lowest BCUT2D eigenvalue weighted by Crippen LogP contribution is -2.55. The number of benzene rings is 1. The minimum atomic E-state index is -0.897. The summed E-state index contributed by atoms with van der Waals surface area (Å²) in [5.41, 5.74) is 1.16. The van der Waals surface area contributed by atoms with Gasteiger partial charge >= 0.3 is 5.97 Å². The van der Waals surface area contributed by atoms with Gasteiger partial charge in [-0.15, -0.1) is 0 Å². The summed E-state index contributed by atoms with van der Waals surface area (Å²) < 4.78 is 6.45. The zero-order valence-corrected chi connectivity index (χ0v) is 15.7. The fourth-order valence-corrected chi connectivity index (χ4v) is 5.07. The van der Waals surface area contributed by atoms with Crippen LogP contribution in [0, 0.1) is 5.92 Å². The number of hydrogen-bond donors (Lipinski definition) is 2. The van der Waals surface area contributed by atoms with Gasteiger partial charge in [0.05, 0.1) is 11.7 Å². The normalized spacial score (nSPS) is 33.5. The van der Waals surface area contributed by atoms with Crippen molar-refractivity contribution in [2.75, 3.05) is 12.4 Å². The van der Waals surface area contributed by atoms with E-state index in [0.29, 0.717) is 17.7 Å². The molecule has 0 spiro atoms. The molecule has 3 aliphatic heterocycles. The zero-order chi connectivity index (χ0) is 18.5. The van der Waals surface area contributed by atoms with Crippen LogP contribution in [0.5, 0.6) is 0 Å². The van der Waals surface area contributed by atoms with Crippen LogP contribution in [0.4, 0.5) is 5.69 Å². The molecule has 4 rings (SSSR count). The highest BCUT2D eigenvalue weighted by Crippen LogP contribution is 2.47. The van der Waals surface area contributed by atoms with E-state index in [1.165, 1.54) is 12.8 Å². The van der Waals surface area contributed by atoms with E-state index in [1.807, 2.05) is 44.2 Å². The molecule has 3 heterocycles. The molecule has 0 aliphatic carbocycles. The van der Waals surface area contributed by atoms with E-state index in [1.54, 1.807) is 0 Å². The Morgan fingerprint density at radius 2 is 1.92 bits per heavy atom. The van der Waals surface area contributed by atoms with Crippen molar-refractivity contribution >= 4 is 17.2 Å². The molecule has 0 radical (unpaired) electrons. The van der Waals surface area contributed by atoms with Gasteiger partial charge in [-0.3, -0.25) is 0 Å². The molecule has 140 valence electrons. The quantitative estimate of drug-likeness (QED) is 0.863. The Balaban J connectivity index is 1.78. The van der Waals surface area contributed by atoms with E-state index in [2.05, 4.69) is 17.3 Å². The van der Waals surface area contributed by atoms with Crippen molar-refractivity contribution < 1.29 is 14.6 Å². The third kappa shape index (κ3) is 2.83. The minimum absolute atomic E-state index is 0.00336. The second-order valence-electron chi connectivity index (χ2n) is 8.21. The maximum absolute atomic E-state index is 12.0. The van der Waals surface area contributed by atoms with Crippen LogP contribution in [0.1, 0.15) is 45.1 Å². The molecule has 5 nitrogen and oxygen atoms in total. The lowest BCUT2D eigenvalue weighted by atomic mass is 9.79. The number of rotatable bonds is 4. The first-order valence-corrected chi connectivity index (χ1v) is 9.63. The SMILES string of the molecule is CC(C)OC1(C2CC3CCC(C2)N3C)C=C(C(=O)O)c2ccccc2N1. The van der Waals surface area contributed by atoms with Gasteiger partial charge in [0.2, 0.25) is 0 Å². The number of hydrogen-bond acceptors (Lipinski definition) is 4. The summed E-state index contributed by atoms with van der Waals surface area (Å²) >= 11 is 0. The maximum Gasteiger partial charge on any atom is 0.336 e. The fourth-order valence-electron chi connectivity index (χ4n) is 5.07. The third-order valence-corrected chi connectivity index (χ3v) is 6.27. The summed E-state index contributed by atoms with van der Waals surface area (Å²) in [5, 5.41) is 13.4. The number of nitrogens with one attached hydrogen (secondary N) is 1. The van der Waals surface area contributed by atoms with Crippen molar-refractivity contribution in [1.82, 2.24) is 4.90 Å². The van der Waals surface area contributed by atoms with Crippen LogP contribution in [-0.2, 0) is 9.53 Å². The Kier molecular flexibility index (Phi) is 4.32. The van der Waals surface area contributed by atoms with Gasteiger partial charge in [-0.05, 0) is 58.7 Å². The highest BCUT2D eigenvalue weighted by Gasteiger charge is 2.50. The van der Waals surface area contributed by atoms with E-state index in [-0.39, 0.29) is 12.0 Å². The van der Waals surface area contributed by atoms with Crippen LogP contribution < -0.4 is 5.32 Å². The Morgan fingerprint density at radius 3 is 2.54 bits per heavy atom.